The lowest BCUT2D eigenvalue weighted by atomic mass is 9.99. The lowest BCUT2D eigenvalue weighted by Gasteiger charge is -2.13. The number of pyridine rings is 1. The van der Waals surface area contributed by atoms with E-state index in [0.717, 1.165) is 44.1 Å². The van der Waals surface area contributed by atoms with Gasteiger partial charge in [-0.2, -0.15) is 0 Å². The highest BCUT2D eigenvalue weighted by atomic mass is 35.5. The van der Waals surface area contributed by atoms with Crippen LogP contribution in [0.2, 0.25) is 5.02 Å². The summed E-state index contributed by atoms with van der Waals surface area (Å²) in [6, 6.07) is 16.9. The highest BCUT2D eigenvalue weighted by molar-refractivity contribution is 7.15. The Labute approximate surface area is 222 Å². The summed E-state index contributed by atoms with van der Waals surface area (Å²) >= 11 is 7.87. The van der Waals surface area contributed by atoms with Crippen LogP contribution in [0.15, 0.2) is 65.8 Å². The molecule has 4 heterocycles. The van der Waals surface area contributed by atoms with Crippen LogP contribution in [0, 0.1) is 20.8 Å². The van der Waals surface area contributed by atoms with E-state index in [9.17, 15) is 4.79 Å². The van der Waals surface area contributed by atoms with Crippen LogP contribution in [0.3, 0.4) is 0 Å². The number of fused-ring (bicyclic) bond motifs is 4. The first-order valence-electron chi connectivity index (χ1n) is 11.9. The molecule has 184 valence electrons. The van der Waals surface area contributed by atoms with E-state index < -0.39 is 6.04 Å². The number of para-hydroxylation sites is 1. The number of anilines is 1. The summed E-state index contributed by atoms with van der Waals surface area (Å²) in [7, 11) is 0. The van der Waals surface area contributed by atoms with E-state index in [2.05, 4.69) is 34.3 Å². The van der Waals surface area contributed by atoms with Crippen molar-refractivity contribution >= 4 is 51.1 Å². The Kier molecular flexibility index (Phi) is 5.85. The number of carbonyl (C=O) groups is 1. The number of amides is 1. The average Bonchev–Trinajstić information content (AvgIpc) is 3.36. The van der Waals surface area contributed by atoms with Crippen LogP contribution in [-0.4, -0.2) is 31.4 Å². The van der Waals surface area contributed by atoms with E-state index in [1.165, 1.54) is 4.88 Å². The molecule has 0 saturated heterocycles. The van der Waals surface area contributed by atoms with Crippen molar-refractivity contribution in [2.75, 3.05) is 5.32 Å². The fraction of sp³-hybridized carbons (Fsp3) is 0.179. The molecule has 0 saturated carbocycles. The van der Waals surface area contributed by atoms with Gasteiger partial charge in [-0.25, -0.2) is 0 Å². The number of thiophene rings is 1. The molecule has 0 aliphatic carbocycles. The van der Waals surface area contributed by atoms with Gasteiger partial charge in [0.2, 0.25) is 5.91 Å². The molecule has 1 aliphatic heterocycles. The number of aromatic nitrogens is 4. The van der Waals surface area contributed by atoms with Crippen LogP contribution in [-0.2, 0) is 4.79 Å². The maximum Gasteiger partial charge on any atom is 0.227 e. The van der Waals surface area contributed by atoms with Gasteiger partial charge >= 0.3 is 0 Å². The SMILES string of the molecule is Cc1sc2c(c1C)C(c1ccc(Cl)cc1)=NC(CC(=O)Nc1cnc3ccccc3c1)c1nnc(C)n1-2. The molecule has 0 radical (unpaired) electrons. The zero-order chi connectivity index (χ0) is 25.7. The molecule has 0 spiro atoms. The highest BCUT2D eigenvalue weighted by Gasteiger charge is 2.32. The van der Waals surface area contributed by atoms with E-state index in [4.69, 9.17) is 16.6 Å². The lowest BCUT2D eigenvalue weighted by Crippen LogP contribution is -2.17. The van der Waals surface area contributed by atoms with E-state index >= 15 is 0 Å². The van der Waals surface area contributed by atoms with Crippen molar-refractivity contribution in [1.29, 1.82) is 0 Å². The second kappa shape index (κ2) is 9.21. The number of benzene rings is 2. The third-order valence-corrected chi connectivity index (χ3v) is 8.05. The van der Waals surface area contributed by atoms with Crippen LogP contribution < -0.4 is 5.32 Å². The Morgan fingerprint density at radius 3 is 2.68 bits per heavy atom. The number of aryl methyl sites for hydroxylation is 2. The van der Waals surface area contributed by atoms with Crippen LogP contribution in [0.25, 0.3) is 15.9 Å². The number of nitrogens with one attached hydrogen (secondary N) is 1. The number of carbonyl (C=O) groups excluding carboxylic acids is 1. The van der Waals surface area contributed by atoms with Gasteiger partial charge in [0, 0.05) is 26.4 Å². The van der Waals surface area contributed by atoms with Gasteiger partial charge in [0.05, 0.1) is 29.5 Å². The summed E-state index contributed by atoms with van der Waals surface area (Å²) in [6.07, 6.45) is 1.78. The molecule has 9 heteroatoms. The molecule has 2 aromatic carbocycles. The standard InChI is InChI=1S/C28H23ClN6OS/c1-15-16(2)37-28-25(15)26(18-8-10-20(29)11-9-18)32-23(27-34-33-17(3)35(27)28)13-24(36)31-21-12-19-6-4-5-7-22(19)30-14-21/h4-12,14,23H,13H2,1-3H3,(H,31,36). The minimum Gasteiger partial charge on any atom is -0.325 e. The van der Waals surface area contributed by atoms with Gasteiger partial charge in [-0.15, -0.1) is 21.5 Å². The third kappa shape index (κ3) is 4.22. The van der Waals surface area contributed by atoms with Gasteiger partial charge in [0.1, 0.15) is 16.9 Å². The van der Waals surface area contributed by atoms with Gasteiger partial charge in [-0.1, -0.05) is 41.9 Å². The van der Waals surface area contributed by atoms with E-state index in [-0.39, 0.29) is 12.3 Å². The van der Waals surface area contributed by atoms with Crippen LogP contribution in [0.5, 0.6) is 0 Å². The predicted molar refractivity (Wildman–Crippen MR) is 148 cm³/mol. The molecule has 5 aromatic rings. The van der Waals surface area contributed by atoms with E-state index in [0.29, 0.717) is 16.5 Å². The quantitative estimate of drug-likeness (QED) is 0.294. The minimum absolute atomic E-state index is 0.106. The Balaban J connectivity index is 1.42. The summed E-state index contributed by atoms with van der Waals surface area (Å²) in [6.45, 7) is 6.14. The lowest BCUT2D eigenvalue weighted by molar-refractivity contribution is -0.116. The van der Waals surface area contributed by atoms with Gasteiger partial charge < -0.3 is 5.32 Å². The van der Waals surface area contributed by atoms with Crippen molar-refractivity contribution < 1.29 is 4.79 Å². The zero-order valence-corrected chi connectivity index (χ0v) is 22.1. The molecule has 3 aromatic heterocycles. The maximum absolute atomic E-state index is 13.3. The second-order valence-corrected chi connectivity index (χ2v) is 10.7. The Morgan fingerprint density at radius 1 is 1.08 bits per heavy atom. The van der Waals surface area contributed by atoms with Crippen molar-refractivity contribution in [3.63, 3.8) is 0 Å². The fourth-order valence-electron chi connectivity index (χ4n) is 4.66. The van der Waals surface area contributed by atoms with Gasteiger partial charge in [-0.05, 0) is 50.6 Å². The number of halogens is 1. The third-order valence-electron chi connectivity index (χ3n) is 6.61. The molecule has 6 rings (SSSR count). The molecule has 1 atom stereocenters. The molecule has 1 N–H and O–H groups in total. The molecular formula is C28H23ClN6OS. The second-order valence-electron chi connectivity index (χ2n) is 9.07. The first-order chi connectivity index (χ1) is 17.9. The molecule has 7 nitrogen and oxygen atoms in total. The average molecular weight is 527 g/mol. The monoisotopic (exact) mass is 526 g/mol. The summed E-state index contributed by atoms with van der Waals surface area (Å²) in [4.78, 5) is 24.1. The van der Waals surface area contributed by atoms with Crippen molar-refractivity contribution in [2.45, 2.75) is 33.2 Å². The molecule has 0 fully saturated rings. The summed E-state index contributed by atoms with van der Waals surface area (Å²) in [5.41, 5.74) is 5.47. The molecular weight excluding hydrogens is 504 g/mol. The molecule has 1 aliphatic rings. The zero-order valence-electron chi connectivity index (χ0n) is 20.5. The number of nitrogens with zero attached hydrogens (tertiary/aromatic N) is 5. The van der Waals surface area contributed by atoms with Gasteiger partial charge in [0.25, 0.3) is 0 Å². The van der Waals surface area contributed by atoms with Crippen LogP contribution >= 0.6 is 22.9 Å². The first-order valence-corrected chi connectivity index (χ1v) is 13.1. The van der Waals surface area contributed by atoms with Crippen molar-refractivity contribution in [3.05, 3.63) is 99.0 Å². The Bertz CT molecular complexity index is 1700. The normalized spacial score (nSPS) is 14.6. The fourth-order valence-corrected chi connectivity index (χ4v) is 6.00. The predicted octanol–water partition coefficient (Wildman–Crippen LogP) is 6.38. The smallest absolute Gasteiger partial charge is 0.227 e. The first kappa shape index (κ1) is 23.5. The molecule has 0 bridgehead atoms. The number of hydrogen-bond donors (Lipinski definition) is 1. The summed E-state index contributed by atoms with van der Waals surface area (Å²) < 4.78 is 2.04. The number of aliphatic imine (C=N–C) groups is 1. The van der Waals surface area contributed by atoms with Crippen LogP contribution in [0.4, 0.5) is 5.69 Å². The van der Waals surface area contributed by atoms with Crippen LogP contribution in [0.1, 0.15) is 45.7 Å². The number of rotatable bonds is 4. The van der Waals surface area contributed by atoms with E-state index in [1.54, 1.807) is 17.5 Å². The van der Waals surface area contributed by atoms with Crippen molar-refractivity contribution in [3.8, 4) is 5.00 Å². The van der Waals surface area contributed by atoms with Crippen molar-refractivity contribution in [2.24, 2.45) is 4.99 Å². The Hall–Kier alpha value is -3.88. The summed E-state index contributed by atoms with van der Waals surface area (Å²) in [5.74, 6) is 1.23. The van der Waals surface area contributed by atoms with Gasteiger partial charge in [0.15, 0.2) is 5.82 Å². The number of hydrogen-bond acceptors (Lipinski definition) is 6. The molecule has 1 amide bonds. The van der Waals surface area contributed by atoms with Crippen molar-refractivity contribution in [1.82, 2.24) is 19.7 Å². The molecule has 1 unspecified atom stereocenters. The van der Waals surface area contributed by atoms with Gasteiger partial charge in [-0.3, -0.25) is 19.3 Å². The van der Waals surface area contributed by atoms with E-state index in [1.807, 2.05) is 66.1 Å². The largest absolute Gasteiger partial charge is 0.325 e. The topological polar surface area (TPSA) is 85.1 Å². The summed E-state index contributed by atoms with van der Waals surface area (Å²) in [5, 5.41) is 14.5. The Morgan fingerprint density at radius 2 is 1.86 bits per heavy atom. The highest BCUT2D eigenvalue weighted by Crippen LogP contribution is 2.39. The minimum atomic E-state index is -0.528. The maximum atomic E-state index is 13.3. The molecule has 37 heavy (non-hydrogen) atoms.